The molecule has 7 aromatic rings. The van der Waals surface area contributed by atoms with Crippen LogP contribution in [-0.4, -0.2) is 95.9 Å². The summed E-state index contributed by atoms with van der Waals surface area (Å²) in [4.78, 5) is 80.0. The van der Waals surface area contributed by atoms with Gasteiger partial charge in [-0.1, -0.05) is 180 Å². The lowest BCUT2D eigenvalue weighted by Crippen LogP contribution is -2.48. The summed E-state index contributed by atoms with van der Waals surface area (Å²) in [7, 11) is 5.46. The predicted octanol–water partition coefficient (Wildman–Crippen LogP) is 12.9. The first-order valence-corrected chi connectivity index (χ1v) is 27.7. The van der Waals surface area contributed by atoms with E-state index in [-0.39, 0.29) is 79.6 Å². The lowest BCUT2D eigenvalue weighted by molar-refractivity contribution is -0.123. The van der Waals surface area contributed by atoms with E-state index < -0.39 is 0 Å². The number of aromatic nitrogens is 1. The molecule has 1 aromatic heterocycles. The number of aryl methyl sites for hydroxylation is 1. The second-order valence-corrected chi connectivity index (χ2v) is 19.7. The van der Waals surface area contributed by atoms with Gasteiger partial charge in [-0.05, 0) is 151 Å². The van der Waals surface area contributed by atoms with E-state index in [4.69, 9.17) is 5.11 Å². The van der Waals surface area contributed by atoms with E-state index in [1.165, 1.54) is 34.0 Å². The number of rotatable bonds is 21. The molecular weight excluding hydrogens is 1040 g/mol. The summed E-state index contributed by atoms with van der Waals surface area (Å²) in [5.41, 5.74) is 5.27. The van der Waals surface area contributed by atoms with E-state index in [1.807, 2.05) is 137 Å². The van der Waals surface area contributed by atoms with Crippen LogP contribution in [0.25, 0.3) is 21.5 Å². The van der Waals surface area contributed by atoms with E-state index in [0.29, 0.717) is 32.1 Å². The number of carbonyl (C=O) groups is 7. The Morgan fingerprint density at radius 2 is 0.976 bits per heavy atom. The first-order valence-electron chi connectivity index (χ1n) is 27.7. The van der Waals surface area contributed by atoms with Gasteiger partial charge in [0.1, 0.15) is 40.5 Å². The Balaban J connectivity index is 0. The number of pyridine rings is 1. The molecule has 6 aromatic carbocycles. The molecule has 12 heteroatoms. The van der Waals surface area contributed by atoms with Gasteiger partial charge in [-0.2, -0.15) is 0 Å². The number of aliphatic hydroxyl groups excluding tert-OH is 1. The quantitative estimate of drug-likeness (QED) is 0.0534. The van der Waals surface area contributed by atoms with Crippen LogP contribution in [-0.2, 0) is 65.7 Å². The van der Waals surface area contributed by atoms with Crippen LogP contribution in [0.15, 0.2) is 170 Å². The molecule has 0 saturated heterocycles. The van der Waals surface area contributed by atoms with Crippen molar-refractivity contribution in [1.82, 2.24) is 20.9 Å². The Labute approximate surface area is 497 Å². The lowest BCUT2D eigenvalue weighted by Gasteiger charge is -2.27. The monoisotopic (exact) mass is 1130 g/mol. The van der Waals surface area contributed by atoms with Crippen LogP contribution < -0.4 is 16.0 Å². The predicted molar refractivity (Wildman–Crippen MR) is 346 cm³/mol. The van der Waals surface area contributed by atoms with E-state index in [9.17, 15) is 33.6 Å². The molecular formula is C71H98N4O8. The van der Waals surface area contributed by atoms with Crippen molar-refractivity contribution >= 4 is 62.0 Å². The van der Waals surface area contributed by atoms with Crippen LogP contribution in [0.1, 0.15) is 131 Å². The minimum Gasteiger partial charge on any atom is -0.396 e. The highest BCUT2D eigenvalue weighted by atomic mass is 16.3. The van der Waals surface area contributed by atoms with E-state index in [2.05, 4.69) is 75.5 Å². The maximum atomic E-state index is 11.1. The van der Waals surface area contributed by atoms with Gasteiger partial charge >= 0.3 is 0 Å². The number of fused-ring (bicyclic) bond motifs is 2. The van der Waals surface area contributed by atoms with Crippen LogP contribution >= 0.6 is 0 Å². The van der Waals surface area contributed by atoms with Crippen molar-refractivity contribution < 1.29 is 38.7 Å². The molecule has 0 aliphatic heterocycles. The number of benzene rings is 6. The SMILES string of the molecule is C.C.CC(=O)CCO.CC(=O)Cc1ccc2ccccc2c1.CC(=O)Cc1cccc2ccccc12.CC(=O)Cc1ccccc1.CCC(CC)(NC)C(C)=O.CN[C@@H](CCc1ccccc1)C(C)=O.CN[C@@H](Cc1ccccn1)C(C)=O. The number of aliphatic hydroxyl groups is 1. The maximum Gasteiger partial charge on any atom is 0.149 e. The highest BCUT2D eigenvalue weighted by Gasteiger charge is 2.28. The third kappa shape index (κ3) is 33.3. The molecule has 0 fully saturated rings. The largest absolute Gasteiger partial charge is 0.396 e. The smallest absolute Gasteiger partial charge is 0.149 e. The van der Waals surface area contributed by atoms with Crippen molar-refractivity contribution in [2.75, 3.05) is 27.7 Å². The summed E-state index contributed by atoms with van der Waals surface area (Å²) >= 11 is 0. The number of nitrogens with one attached hydrogen (secondary N) is 3. The number of Topliss-reactive ketones (excluding diaryl/α,β-unsaturated/α-hetero) is 7. The van der Waals surface area contributed by atoms with Gasteiger partial charge in [0.15, 0.2) is 0 Å². The first kappa shape index (κ1) is 77.6. The molecule has 450 valence electrons. The average Bonchev–Trinajstić information content (AvgIpc) is 3.49. The van der Waals surface area contributed by atoms with Crippen LogP contribution in [0.4, 0.5) is 0 Å². The standard InChI is InChI=1S/2C13H12O.C12H17NO.C10H14N2O.C9H10O.C8H17NO.C4H8O2.2CH4/c1-10(14)9-12-7-4-6-11-5-2-3-8-13(11)12;1-10(14)8-11-6-7-12-4-2-3-5-13(12)9-11;1-10(14)12(13-2)9-8-11-6-4-3-5-7-11;1-8(13)10(11-2)7-9-5-3-4-6-12-9;1-8(10)7-9-5-3-2-4-6-9;1-5-8(6-2,9-4)7(3)10;1-4(6)2-3-5;;/h2-8H,9H2,1H3;2-7,9H,8H2,1H3;3-7,12-13H,8-9H2,1-2H3;3-6,10-11H,7H2,1-2H3;2-6H,7H2,1H3;9H,5-6H2,1-4H3;5H,2-3H2,1H3;2*1H4/t;;12-;10-;;;;;/m..00...../s1. The molecule has 0 amide bonds. The summed E-state index contributed by atoms with van der Waals surface area (Å²) in [5.74, 6) is 1.27. The molecule has 12 nitrogen and oxygen atoms in total. The summed E-state index contributed by atoms with van der Waals surface area (Å²) in [6.45, 7) is 15.2. The van der Waals surface area contributed by atoms with Crippen molar-refractivity contribution in [3.63, 3.8) is 0 Å². The molecule has 0 unspecified atom stereocenters. The van der Waals surface area contributed by atoms with Crippen molar-refractivity contribution in [1.29, 1.82) is 0 Å². The number of ketones is 7. The molecule has 0 aliphatic rings. The van der Waals surface area contributed by atoms with Crippen LogP contribution in [0.5, 0.6) is 0 Å². The molecule has 0 aliphatic carbocycles. The van der Waals surface area contributed by atoms with Gasteiger partial charge in [0.2, 0.25) is 0 Å². The Bertz CT molecular complexity index is 2920. The number of likely N-dealkylation sites (N-methyl/N-ethyl adjacent to an activating group) is 3. The Morgan fingerprint density at radius 3 is 1.41 bits per heavy atom. The first-order chi connectivity index (χ1) is 38.7. The van der Waals surface area contributed by atoms with E-state index >= 15 is 0 Å². The Hall–Kier alpha value is -7.48. The summed E-state index contributed by atoms with van der Waals surface area (Å²) < 4.78 is 0. The second kappa shape index (κ2) is 45.1. The molecule has 0 bridgehead atoms. The van der Waals surface area contributed by atoms with Gasteiger partial charge in [0.05, 0.1) is 17.6 Å². The van der Waals surface area contributed by atoms with Crippen LogP contribution in [0, 0.1) is 0 Å². The number of hydrogen-bond donors (Lipinski definition) is 4. The zero-order valence-corrected chi connectivity index (χ0v) is 50.1. The fourth-order valence-electron chi connectivity index (χ4n) is 8.35. The van der Waals surface area contributed by atoms with Gasteiger partial charge in [-0.15, -0.1) is 0 Å². The second-order valence-electron chi connectivity index (χ2n) is 19.7. The molecule has 0 spiro atoms. The highest BCUT2D eigenvalue weighted by molar-refractivity contribution is 5.90. The third-order valence-electron chi connectivity index (χ3n) is 13.1. The van der Waals surface area contributed by atoms with Gasteiger partial charge in [-0.3, -0.25) is 38.5 Å². The van der Waals surface area contributed by atoms with Gasteiger partial charge < -0.3 is 21.1 Å². The van der Waals surface area contributed by atoms with Gasteiger partial charge in [-0.25, -0.2) is 0 Å². The molecule has 0 saturated carbocycles. The fraction of sp³-hybridized carbons (Fsp3) is 0.380. The lowest BCUT2D eigenvalue weighted by atomic mass is 9.89. The Morgan fingerprint density at radius 1 is 0.494 bits per heavy atom. The minimum atomic E-state index is -0.264. The van der Waals surface area contributed by atoms with Crippen LogP contribution in [0.3, 0.4) is 0 Å². The normalized spacial score (nSPS) is 10.7. The average molecular weight is 1140 g/mol. The van der Waals surface area contributed by atoms with E-state index in [0.717, 1.165) is 48.1 Å². The maximum absolute atomic E-state index is 11.1. The highest BCUT2D eigenvalue weighted by Crippen LogP contribution is 2.19. The molecule has 7 rings (SSSR count). The number of hydrogen-bond acceptors (Lipinski definition) is 12. The van der Waals surface area contributed by atoms with E-state index in [1.54, 1.807) is 54.8 Å². The number of carbonyl (C=O) groups excluding carboxylic acids is 7. The van der Waals surface area contributed by atoms with Gasteiger partial charge in [0.25, 0.3) is 0 Å². The van der Waals surface area contributed by atoms with Crippen molar-refractivity contribution in [3.8, 4) is 0 Å². The van der Waals surface area contributed by atoms with Crippen molar-refractivity contribution in [2.45, 2.75) is 153 Å². The topological polar surface area (TPSA) is 189 Å². The molecule has 83 heavy (non-hydrogen) atoms. The molecule has 4 N–H and O–H groups in total. The molecule has 0 radical (unpaired) electrons. The van der Waals surface area contributed by atoms with Gasteiger partial charge in [0, 0.05) is 50.6 Å². The zero-order valence-electron chi connectivity index (χ0n) is 50.1. The number of nitrogens with zero attached hydrogens (tertiary/aromatic N) is 1. The summed E-state index contributed by atoms with van der Waals surface area (Å²) in [6.07, 6.45) is 7.87. The Kier molecular flexibility index (Phi) is 42.1. The zero-order chi connectivity index (χ0) is 60.6. The fourth-order valence-corrected chi connectivity index (χ4v) is 8.35. The van der Waals surface area contributed by atoms with Crippen molar-refractivity contribution in [3.05, 3.63) is 198 Å². The van der Waals surface area contributed by atoms with Crippen molar-refractivity contribution in [2.24, 2.45) is 0 Å². The van der Waals surface area contributed by atoms with Crippen LogP contribution in [0.2, 0.25) is 0 Å². The third-order valence-corrected chi connectivity index (χ3v) is 13.1. The minimum absolute atomic E-state index is 0. The molecule has 2 atom stereocenters. The molecule has 1 heterocycles. The summed E-state index contributed by atoms with van der Waals surface area (Å²) in [5, 5.41) is 21.9. The summed E-state index contributed by atoms with van der Waals surface area (Å²) in [6, 6.07) is 54.2.